The maximum Gasteiger partial charge on any atom is 0.241 e. The molecule has 0 saturated heterocycles. The van der Waals surface area contributed by atoms with E-state index in [1.54, 1.807) is 11.3 Å². The molecule has 0 atom stereocenters. The molecule has 0 spiro atoms. The van der Waals surface area contributed by atoms with Crippen molar-refractivity contribution in [2.24, 2.45) is 0 Å². The number of rotatable bonds is 2. The van der Waals surface area contributed by atoms with Crippen LogP contribution >= 0.6 is 11.3 Å². The fourth-order valence-electron chi connectivity index (χ4n) is 1.27. The summed E-state index contributed by atoms with van der Waals surface area (Å²) in [6.45, 7) is 2.09. The van der Waals surface area contributed by atoms with Gasteiger partial charge in [0.25, 0.3) is 0 Å². The number of nitrogens with zero attached hydrogens (tertiary/aromatic N) is 3. The molecule has 5 nitrogen and oxygen atoms in total. The molecule has 74 valence electrons. The van der Waals surface area contributed by atoms with Gasteiger partial charge in [-0.3, -0.25) is 0 Å². The van der Waals surface area contributed by atoms with Gasteiger partial charge in [-0.25, -0.2) is 4.68 Å². The highest BCUT2D eigenvalue weighted by molar-refractivity contribution is 7.13. The van der Waals surface area contributed by atoms with E-state index >= 15 is 0 Å². The van der Waals surface area contributed by atoms with E-state index < -0.39 is 0 Å². The Morgan fingerprint density at radius 2 is 2.29 bits per heavy atom. The molecule has 0 saturated carbocycles. The summed E-state index contributed by atoms with van der Waals surface area (Å²) in [5.74, 6) is 6.56. The maximum absolute atomic E-state index is 5.69. The minimum Gasteiger partial charge on any atom is -0.366 e. The molecular formula is C8H11N5S. The van der Waals surface area contributed by atoms with Crippen molar-refractivity contribution in [3.05, 3.63) is 17.0 Å². The van der Waals surface area contributed by atoms with Crippen LogP contribution in [0.5, 0.6) is 0 Å². The molecule has 0 aliphatic rings. The van der Waals surface area contributed by atoms with Crippen molar-refractivity contribution in [2.45, 2.75) is 13.3 Å². The van der Waals surface area contributed by atoms with Crippen LogP contribution in [0.3, 0.4) is 0 Å². The largest absolute Gasteiger partial charge is 0.366 e. The lowest BCUT2D eigenvalue weighted by atomic mass is 10.2. The molecule has 0 amide bonds. The number of aromatic nitrogens is 3. The van der Waals surface area contributed by atoms with Crippen molar-refractivity contribution in [2.75, 3.05) is 11.6 Å². The van der Waals surface area contributed by atoms with Crippen LogP contribution in [0.1, 0.15) is 12.5 Å². The molecule has 2 aromatic rings. The highest BCUT2D eigenvalue weighted by Gasteiger charge is 2.13. The van der Waals surface area contributed by atoms with Crippen LogP contribution in [0, 0.1) is 0 Å². The van der Waals surface area contributed by atoms with Gasteiger partial charge < -0.3 is 11.6 Å². The van der Waals surface area contributed by atoms with Crippen molar-refractivity contribution in [1.82, 2.24) is 14.9 Å². The summed E-state index contributed by atoms with van der Waals surface area (Å²) in [5.41, 5.74) is 6.72. The second kappa shape index (κ2) is 3.30. The first-order chi connectivity index (χ1) is 6.74. The normalized spacial score (nSPS) is 10.6. The Balaban J connectivity index is 2.54. The Labute approximate surface area is 85.3 Å². The summed E-state index contributed by atoms with van der Waals surface area (Å²) in [6.07, 6.45) is 0.950. The third-order valence-corrected chi connectivity index (χ3v) is 3.01. The lowest BCUT2D eigenvalue weighted by molar-refractivity contribution is 1.02. The third kappa shape index (κ3) is 1.24. The van der Waals surface area contributed by atoms with Gasteiger partial charge in [0.05, 0.1) is 4.88 Å². The molecule has 0 aliphatic carbocycles. The van der Waals surface area contributed by atoms with Crippen molar-refractivity contribution in [1.29, 1.82) is 0 Å². The van der Waals surface area contributed by atoms with E-state index in [0.29, 0.717) is 5.82 Å². The quantitative estimate of drug-likeness (QED) is 0.719. The first-order valence-corrected chi connectivity index (χ1v) is 5.14. The Morgan fingerprint density at radius 3 is 2.86 bits per heavy atom. The van der Waals surface area contributed by atoms with E-state index in [2.05, 4.69) is 23.2 Å². The summed E-state index contributed by atoms with van der Waals surface area (Å²) < 4.78 is 1.31. The molecule has 0 radical (unpaired) electrons. The van der Waals surface area contributed by atoms with Crippen LogP contribution < -0.4 is 11.6 Å². The van der Waals surface area contributed by atoms with Crippen LogP contribution in [-0.2, 0) is 6.42 Å². The summed E-state index contributed by atoms with van der Waals surface area (Å²) in [7, 11) is 0. The number of nitrogen functional groups attached to an aromatic ring is 2. The number of hydrogen-bond acceptors (Lipinski definition) is 5. The fourth-order valence-corrected chi connectivity index (χ4v) is 2.25. The highest BCUT2D eigenvalue weighted by atomic mass is 32.1. The molecule has 4 N–H and O–H groups in total. The predicted molar refractivity (Wildman–Crippen MR) is 57.3 cm³/mol. The van der Waals surface area contributed by atoms with Gasteiger partial charge in [0.2, 0.25) is 5.95 Å². The molecule has 6 heteroatoms. The van der Waals surface area contributed by atoms with E-state index in [0.717, 1.165) is 11.3 Å². The fraction of sp³-hybridized carbons (Fsp3) is 0.250. The first kappa shape index (κ1) is 9.01. The molecule has 0 aromatic carbocycles. The monoisotopic (exact) mass is 209 g/mol. The molecule has 14 heavy (non-hydrogen) atoms. The summed E-state index contributed by atoms with van der Waals surface area (Å²) >= 11 is 1.60. The van der Waals surface area contributed by atoms with Gasteiger partial charge in [-0.05, 0) is 23.4 Å². The minimum atomic E-state index is 0.232. The molecule has 0 unspecified atom stereocenters. The van der Waals surface area contributed by atoms with Crippen LogP contribution in [0.4, 0.5) is 5.95 Å². The minimum absolute atomic E-state index is 0.232. The van der Waals surface area contributed by atoms with Gasteiger partial charge in [-0.1, -0.05) is 6.92 Å². The van der Waals surface area contributed by atoms with Crippen molar-refractivity contribution in [3.8, 4) is 10.7 Å². The van der Waals surface area contributed by atoms with Gasteiger partial charge in [0.15, 0.2) is 5.82 Å². The summed E-state index contributed by atoms with van der Waals surface area (Å²) in [4.78, 5) is 1.04. The summed E-state index contributed by atoms with van der Waals surface area (Å²) in [5, 5.41) is 9.67. The van der Waals surface area contributed by atoms with Crippen molar-refractivity contribution in [3.63, 3.8) is 0 Å². The van der Waals surface area contributed by atoms with Crippen LogP contribution in [0.2, 0.25) is 0 Å². The Bertz CT molecular complexity index is 444. The standard InChI is InChI=1S/C8H11N5S/c1-2-5-3-4-14-6(5)7-11-12-8(9)13(7)10/h3-4H,2,10H2,1H3,(H2,9,12). The molecule has 2 aromatic heterocycles. The number of anilines is 1. The molecular weight excluding hydrogens is 198 g/mol. The van der Waals surface area contributed by atoms with E-state index in [-0.39, 0.29) is 5.95 Å². The topological polar surface area (TPSA) is 82.8 Å². The number of aryl methyl sites for hydroxylation is 1. The lowest BCUT2D eigenvalue weighted by Crippen LogP contribution is -2.13. The van der Waals surface area contributed by atoms with Crippen molar-refractivity contribution < 1.29 is 0 Å². The van der Waals surface area contributed by atoms with E-state index in [9.17, 15) is 0 Å². The number of thiophene rings is 1. The Morgan fingerprint density at radius 1 is 1.50 bits per heavy atom. The zero-order chi connectivity index (χ0) is 10.1. The van der Waals surface area contributed by atoms with Crippen LogP contribution in [0.25, 0.3) is 10.7 Å². The summed E-state index contributed by atoms with van der Waals surface area (Å²) in [6, 6.07) is 2.06. The molecule has 2 heterocycles. The van der Waals surface area contributed by atoms with E-state index in [4.69, 9.17) is 11.6 Å². The van der Waals surface area contributed by atoms with Crippen LogP contribution in [-0.4, -0.2) is 14.9 Å². The molecule has 2 rings (SSSR count). The smallest absolute Gasteiger partial charge is 0.241 e. The average molecular weight is 209 g/mol. The zero-order valence-electron chi connectivity index (χ0n) is 7.77. The molecule has 0 bridgehead atoms. The maximum atomic E-state index is 5.69. The number of hydrogen-bond donors (Lipinski definition) is 2. The van der Waals surface area contributed by atoms with E-state index in [1.165, 1.54) is 10.2 Å². The van der Waals surface area contributed by atoms with Gasteiger partial charge in [-0.2, -0.15) is 0 Å². The highest BCUT2D eigenvalue weighted by Crippen LogP contribution is 2.28. The second-order valence-corrected chi connectivity index (χ2v) is 3.80. The zero-order valence-corrected chi connectivity index (χ0v) is 8.58. The SMILES string of the molecule is CCc1ccsc1-c1nnc(N)n1N. The van der Waals surface area contributed by atoms with E-state index in [1.807, 2.05) is 5.38 Å². The van der Waals surface area contributed by atoms with Gasteiger partial charge in [0.1, 0.15) is 0 Å². The lowest BCUT2D eigenvalue weighted by Gasteiger charge is -2.00. The molecule has 0 fully saturated rings. The van der Waals surface area contributed by atoms with Gasteiger partial charge >= 0.3 is 0 Å². The van der Waals surface area contributed by atoms with Crippen molar-refractivity contribution >= 4 is 17.3 Å². The third-order valence-electron chi connectivity index (χ3n) is 2.05. The van der Waals surface area contributed by atoms with Gasteiger partial charge in [-0.15, -0.1) is 21.5 Å². The average Bonchev–Trinajstić information content (AvgIpc) is 2.75. The van der Waals surface area contributed by atoms with Gasteiger partial charge in [0, 0.05) is 0 Å². The Hall–Kier alpha value is -1.56. The first-order valence-electron chi connectivity index (χ1n) is 4.26. The molecule has 0 aliphatic heterocycles. The van der Waals surface area contributed by atoms with Crippen LogP contribution in [0.15, 0.2) is 11.4 Å². The second-order valence-electron chi connectivity index (χ2n) is 2.88. The predicted octanol–water partition coefficient (Wildman–Crippen LogP) is 0.865. The number of nitrogens with two attached hydrogens (primary N) is 2. The Kier molecular flexibility index (Phi) is 2.12.